The topological polar surface area (TPSA) is 29.1 Å². The van der Waals surface area contributed by atoms with E-state index in [1.165, 1.54) is 6.07 Å². The zero-order chi connectivity index (χ0) is 13.4. The van der Waals surface area contributed by atoms with Gasteiger partial charge in [0.15, 0.2) is 0 Å². The summed E-state index contributed by atoms with van der Waals surface area (Å²) in [6.07, 6.45) is 3.96. The Balaban J connectivity index is 2.35. The van der Waals surface area contributed by atoms with Crippen LogP contribution < -0.4 is 5.32 Å². The van der Waals surface area contributed by atoms with Crippen molar-refractivity contribution in [1.29, 1.82) is 0 Å². The molecule has 0 fully saturated rings. The molecule has 0 saturated carbocycles. The summed E-state index contributed by atoms with van der Waals surface area (Å²) >= 11 is 8.62. The van der Waals surface area contributed by atoms with E-state index in [-0.39, 0.29) is 11.5 Å². The third-order valence-corrected chi connectivity index (χ3v) is 3.42. The first-order valence-corrected chi connectivity index (χ1v) is 7.27. The number of benzene rings is 1. The van der Waals surface area contributed by atoms with Gasteiger partial charge in [-0.1, -0.05) is 18.9 Å². The second-order valence-corrected chi connectivity index (χ2v) is 5.19. The Kier molecular flexibility index (Phi) is 7.28. The molecule has 100 valence electrons. The van der Waals surface area contributed by atoms with Gasteiger partial charge < -0.3 is 5.32 Å². The van der Waals surface area contributed by atoms with Gasteiger partial charge in [-0.3, -0.25) is 4.79 Å². The Labute approximate surface area is 120 Å². The number of carbonyl (C=O) groups is 1. The van der Waals surface area contributed by atoms with E-state index >= 15 is 0 Å². The van der Waals surface area contributed by atoms with Gasteiger partial charge in [0.25, 0.3) is 5.91 Å². The van der Waals surface area contributed by atoms with Crippen LogP contribution in [0.15, 0.2) is 22.7 Å². The van der Waals surface area contributed by atoms with E-state index in [1.807, 2.05) is 0 Å². The van der Waals surface area contributed by atoms with Crippen molar-refractivity contribution in [2.45, 2.75) is 25.7 Å². The third kappa shape index (κ3) is 4.94. The zero-order valence-corrected chi connectivity index (χ0v) is 12.4. The number of carbonyl (C=O) groups excluding carboxylic acids is 1. The highest BCUT2D eigenvalue weighted by Gasteiger charge is 2.12. The van der Waals surface area contributed by atoms with E-state index in [1.54, 1.807) is 12.1 Å². The molecule has 0 spiro atoms. The molecule has 1 amide bonds. The number of amides is 1. The Bertz CT molecular complexity index is 401. The maximum atomic E-state index is 13.6. The first kappa shape index (κ1) is 15.4. The van der Waals surface area contributed by atoms with Gasteiger partial charge in [0, 0.05) is 12.4 Å². The molecule has 0 aromatic heterocycles. The Hall–Kier alpha value is -0.610. The minimum atomic E-state index is -0.517. The highest BCUT2D eigenvalue weighted by molar-refractivity contribution is 9.10. The van der Waals surface area contributed by atoms with Crippen LogP contribution >= 0.6 is 27.5 Å². The van der Waals surface area contributed by atoms with Crippen molar-refractivity contribution in [2.24, 2.45) is 0 Å². The summed E-state index contributed by atoms with van der Waals surface area (Å²) in [5, 5.41) is 2.71. The maximum Gasteiger partial charge on any atom is 0.254 e. The molecule has 0 atom stereocenters. The number of unbranched alkanes of at least 4 members (excludes halogenated alkanes) is 3. The molecule has 1 N–H and O–H groups in total. The molecule has 1 aromatic carbocycles. The monoisotopic (exact) mass is 335 g/mol. The van der Waals surface area contributed by atoms with E-state index in [4.69, 9.17) is 11.6 Å². The summed E-state index contributed by atoms with van der Waals surface area (Å²) in [5.41, 5.74) is 0.0742. The first-order chi connectivity index (χ1) is 8.66. The third-order valence-electron chi connectivity index (χ3n) is 2.54. The molecule has 5 heteroatoms. The molecule has 1 aromatic rings. The fourth-order valence-electron chi connectivity index (χ4n) is 1.55. The minimum Gasteiger partial charge on any atom is -0.352 e. The Morgan fingerprint density at radius 1 is 1.28 bits per heavy atom. The van der Waals surface area contributed by atoms with Crippen molar-refractivity contribution in [1.82, 2.24) is 5.32 Å². The molecule has 2 nitrogen and oxygen atoms in total. The van der Waals surface area contributed by atoms with Gasteiger partial charge in [0.2, 0.25) is 0 Å². The molecule has 0 aliphatic carbocycles. The number of nitrogens with one attached hydrogen (secondary N) is 1. The van der Waals surface area contributed by atoms with Gasteiger partial charge in [-0.2, -0.15) is 0 Å². The molecule has 0 bridgehead atoms. The Morgan fingerprint density at radius 2 is 2.00 bits per heavy atom. The quantitative estimate of drug-likeness (QED) is 0.589. The standard InChI is InChI=1S/C13H16BrClFNO/c14-11-7-5-6-10(12(11)16)13(18)17-9-4-2-1-3-8-15/h5-7H,1-4,8-9H2,(H,17,18). The average molecular weight is 337 g/mol. The van der Waals surface area contributed by atoms with Crippen LogP contribution in [0.4, 0.5) is 4.39 Å². The smallest absolute Gasteiger partial charge is 0.254 e. The van der Waals surface area contributed by atoms with Crippen LogP contribution in [0.5, 0.6) is 0 Å². The fraction of sp³-hybridized carbons (Fsp3) is 0.462. The predicted molar refractivity (Wildman–Crippen MR) is 75.6 cm³/mol. The van der Waals surface area contributed by atoms with Gasteiger partial charge in [-0.15, -0.1) is 11.6 Å². The van der Waals surface area contributed by atoms with E-state index in [9.17, 15) is 9.18 Å². The van der Waals surface area contributed by atoms with E-state index < -0.39 is 5.82 Å². The van der Waals surface area contributed by atoms with Crippen molar-refractivity contribution in [3.8, 4) is 0 Å². The second kappa shape index (κ2) is 8.48. The van der Waals surface area contributed by atoms with Crippen molar-refractivity contribution in [3.05, 3.63) is 34.1 Å². The fourth-order valence-corrected chi connectivity index (χ4v) is 2.10. The summed E-state index contributed by atoms with van der Waals surface area (Å²) in [7, 11) is 0. The minimum absolute atomic E-state index is 0.0742. The zero-order valence-electron chi connectivity index (χ0n) is 10.0. The van der Waals surface area contributed by atoms with Gasteiger partial charge in [0.1, 0.15) is 5.82 Å². The Morgan fingerprint density at radius 3 is 2.72 bits per heavy atom. The number of alkyl halides is 1. The van der Waals surface area contributed by atoms with Crippen LogP contribution in [-0.2, 0) is 0 Å². The van der Waals surface area contributed by atoms with E-state index in [0.717, 1.165) is 25.7 Å². The molecule has 18 heavy (non-hydrogen) atoms. The molecule has 1 rings (SSSR count). The second-order valence-electron chi connectivity index (χ2n) is 3.96. The first-order valence-electron chi connectivity index (χ1n) is 5.95. The lowest BCUT2D eigenvalue weighted by Gasteiger charge is -2.06. The van der Waals surface area contributed by atoms with Gasteiger partial charge in [0.05, 0.1) is 10.0 Å². The molecule has 0 aliphatic heterocycles. The highest BCUT2D eigenvalue weighted by Crippen LogP contribution is 2.18. The number of halogens is 3. The van der Waals surface area contributed by atoms with Gasteiger partial charge in [-0.25, -0.2) is 4.39 Å². The van der Waals surface area contributed by atoms with Crippen LogP contribution in [0.25, 0.3) is 0 Å². The van der Waals surface area contributed by atoms with Crippen LogP contribution in [0.2, 0.25) is 0 Å². The summed E-state index contributed by atoms with van der Waals surface area (Å²) < 4.78 is 13.9. The van der Waals surface area contributed by atoms with Crippen molar-refractivity contribution >= 4 is 33.4 Å². The van der Waals surface area contributed by atoms with Crippen LogP contribution in [0, 0.1) is 5.82 Å². The molecule has 0 radical (unpaired) electrons. The lowest BCUT2D eigenvalue weighted by atomic mass is 10.2. The number of hydrogen-bond acceptors (Lipinski definition) is 1. The van der Waals surface area contributed by atoms with Crippen molar-refractivity contribution < 1.29 is 9.18 Å². The summed E-state index contributed by atoms with van der Waals surface area (Å²) in [6.45, 7) is 0.563. The highest BCUT2D eigenvalue weighted by atomic mass is 79.9. The van der Waals surface area contributed by atoms with Crippen molar-refractivity contribution in [3.63, 3.8) is 0 Å². The largest absolute Gasteiger partial charge is 0.352 e. The SMILES string of the molecule is O=C(NCCCCCCCl)c1cccc(Br)c1F. The van der Waals surface area contributed by atoms with Gasteiger partial charge >= 0.3 is 0 Å². The van der Waals surface area contributed by atoms with E-state index in [2.05, 4.69) is 21.2 Å². The van der Waals surface area contributed by atoms with Crippen LogP contribution in [-0.4, -0.2) is 18.3 Å². The molecular weight excluding hydrogens is 321 g/mol. The molecule has 0 heterocycles. The summed E-state index contributed by atoms with van der Waals surface area (Å²) in [4.78, 5) is 11.7. The van der Waals surface area contributed by atoms with Crippen LogP contribution in [0.1, 0.15) is 36.0 Å². The number of rotatable bonds is 7. The predicted octanol–water partition coefficient (Wildman–Crippen LogP) is 4.12. The summed E-state index contributed by atoms with van der Waals surface area (Å²) in [6, 6.07) is 4.68. The van der Waals surface area contributed by atoms with E-state index in [0.29, 0.717) is 16.9 Å². The lowest BCUT2D eigenvalue weighted by molar-refractivity contribution is 0.0949. The molecule has 0 aliphatic rings. The molecular formula is C13H16BrClFNO. The van der Waals surface area contributed by atoms with Gasteiger partial charge in [-0.05, 0) is 40.9 Å². The average Bonchev–Trinajstić information content (AvgIpc) is 2.36. The normalized spacial score (nSPS) is 10.4. The molecule has 0 unspecified atom stereocenters. The van der Waals surface area contributed by atoms with Crippen LogP contribution in [0.3, 0.4) is 0 Å². The lowest BCUT2D eigenvalue weighted by Crippen LogP contribution is -2.25. The maximum absolute atomic E-state index is 13.6. The summed E-state index contributed by atoms with van der Waals surface area (Å²) in [5.74, 6) is -0.210. The molecule has 0 saturated heterocycles. The number of hydrogen-bond donors (Lipinski definition) is 1. The van der Waals surface area contributed by atoms with Crippen molar-refractivity contribution in [2.75, 3.05) is 12.4 Å².